The first kappa shape index (κ1) is 25.2. The molecule has 4 rings (SSSR count). The molecule has 1 atom stereocenters. The van der Waals surface area contributed by atoms with Gasteiger partial charge in [0.2, 0.25) is 16.0 Å². The molecule has 188 valence electrons. The van der Waals surface area contributed by atoms with Crippen LogP contribution >= 0.6 is 0 Å². The molecule has 1 unspecified atom stereocenters. The van der Waals surface area contributed by atoms with Gasteiger partial charge in [-0.2, -0.15) is 13.2 Å². The molecule has 1 aromatic carbocycles. The second kappa shape index (κ2) is 9.28. The van der Waals surface area contributed by atoms with Crippen molar-refractivity contribution in [2.45, 2.75) is 38.0 Å². The maximum atomic E-state index is 14.9. The van der Waals surface area contributed by atoms with Crippen LogP contribution in [0.3, 0.4) is 0 Å². The quantitative estimate of drug-likeness (QED) is 0.501. The number of pyridine rings is 1. The molecule has 0 saturated carbocycles. The summed E-state index contributed by atoms with van der Waals surface area (Å²) in [7, 11) is -3.32. The summed E-state index contributed by atoms with van der Waals surface area (Å²) in [5, 5.41) is 3.28. The number of fused-ring (bicyclic) bond motifs is 1. The SMILES string of the molecule is CC(N)c1ccnc2c(F)cc(-c3nc(NC4CCN(S(C)(=O)=O)CC4)ncc3C(F)(F)F)cc12. The van der Waals surface area contributed by atoms with Crippen molar-refractivity contribution in [1.29, 1.82) is 0 Å². The number of piperidine rings is 1. The molecule has 0 bridgehead atoms. The Morgan fingerprint density at radius 2 is 1.89 bits per heavy atom. The Morgan fingerprint density at radius 3 is 2.49 bits per heavy atom. The fraction of sp³-hybridized carbons (Fsp3) is 0.409. The maximum absolute atomic E-state index is 14.9. The minimum absolute atomic E-state index is 0.00199. The highest BCUT2D eigenvalue weighted by atomic mass is 32.2. The molecule has 3 heterocycles. The first-order chi connectivity index (χ1) is 16.3. The summed E-state index contributed by atoms with van der Waals surface area (Å²) >= 11 is 0. The van der Waals surface area contributed by atoms with E-state index in [-0.39, 0.29) is 36.2 Å². The van der Waals surface area contributed by atoms with Crippen LogP contribution in [0.15, 0.2) is 30.6 Å². The Balaban J connectivity index is 1.74. The molecule has 0 spiro atoms. The van der Waals surface area contributed by atoms with Gasteiger partial charge < -0.3 is 11.1 Å². The highest BCUT2D eigenvalue weighted by Gasteiger charge is 2.36. The number of hydrogen-bond donors (Lipinski definition) is 2. The molecule has 0 amide bonds. The van der Waals surface area contributed by atoms with E-state index in [0.717, 1.165) is 12.3 Å². The van der Waals surface area contributed by atoms with Gasteiger partial charge in [0.15, 0.2) is 0 Å². The van der Waals surface area contributed by atoms with E-state index in [1.165, 1.54) is 16.6 Å². The zero-order valence-corrected chi connectivity index (χ0v) is 19.8. The number of sulfonamides is 1. The van der Waals surface area contributed by atoms with Crippen molar-refractivity contribution in [2.75, 3.05) is 24.7 Å². The monoisotopic (exact) mass is 512 g/mol. The average molecular weight is 513 g/mol. The van der Waals surface area contributed by atoms with Gasteiger partial charge in [-0.05, 0) is 43.5 Å². The van der Waals surface area contributed by atoms with Crippen molar-refractivity contribution >= 4 is 26.9 Å². The molecule has 0 aliphatic carbocycles. The van der Waals surface area contributed by atoms with E-state index in [1.807, 2.05) is 0 Å². The fourth-order valence-corrected chi connectivity index (χ4v) is 5.03. The number of anilines is 1. The summed E-state index contributed by atoms with van der Waals surface area (Å²) in [6, 6.07) is 3.22. The summed E-state index contributed by atoms with van der Waals surface area (Å²) < 4.78 is 81.1. The van der Waals surface area contributed by atoms with Crippen molar-refractivity contribution in [3.8, 4) is 11.3 Å². The first-order valence-corrected chi connectivity index (χ1v) is 12.7. The first-order valence-electron chi connectivity index (χ1n) is 10.8. The Bertz CT molecular complexity index is 1360. The van der Waals surface area contributed by atoms with Crippen molar-refractivity contribution in [3.63, 3.8) is 0 Å². The van der Waals surface area contributed by atoms with Gasteiger partial charge in [-0.15, -0.1) is 0 Å². The van der Waals surface area contributed by atoms with Crippen LogP contribution in [-0.2, 0) is 16.2 Å². The predicted octanol–water partition coefficient (Wildman–Crippen LogP) is 3.71. The van der Waals surface area contributed by atoms with E-state index in [0.29, 0.717) is 30.0 Å². The number of alkyl halides is 3. The fourth-order valence-electron chi connectivity index (χ4n) is 4.16. The molecule has 2 aromatic heterocycles. The molecule has 0 radical (unpaired) electrons. The standard InChI is InChI=1S/C22H24F4N6O2S/c1-12(27)15-3-6-28-20-16(15)9-13(10-18(20)23)19-17(22(24,25)26)11-29-21(31-19)30-14-4-7-32(8-5-14)35(2,33)34/h3,6,9-12,14H,4-5,7-8,27H2,1-2H3,(H,29,30,31). The van der Waals surface area contributed by atoms with Crippen LogP contribution in [0.1, 0.15) is 36.9 Å². The number of benzene rings is 1. The van der Waals surface area contributed by atoms with Crippen LogP contribution in [0.4, 0.5) is 23.5 Å². The van der Waals surface area contributed by atoms with E-state index in [4.69, 9.17) is 5.73 Å². The van der Waals surface area contributed by atoms with E-state index < -0.39 is 39.3 Å². The van der Waals surface area contributed by atoms with Crippen molar-refractivity contribution in [1.82, 2.24) is 19.3 Å². The number of nitrogens with one attached hydrogen (secondary N) is 1. The molecule has 8 nitrogen and oxygen atoms in total. The minimum Gasteiger partial charge on any atom is -0.351 e. The molecule has 13 heteroatoms. The normalized spacial score (nSPS) is 17.0. The second-order valence-electron chi connectivity index (χ2n) is 8.58. The zero-order valence-electron chi connectivity index (χ0n) is 19.0. The summed E-state index contributed by atoms with van der Waals surface area (Å²) in [4.78, 5) is 11.9. The molecule has 1 aliphatic heterocycles. The topological polar surface area (TPSA) is 114 Å². The Kier molecular flexibility index (Phi) is 6.68. The minimum atomic E-state index is -4.78. The van der Waals surface area contributed by atoms with Gasteiger partial charge in [0.25, 0.3) is 0 Å². The van der Waals surface area contributed by atoms with E-state index in [9.17, 15) is 26.0 Å². The van der Waals surface area contributed by atoms with Crippen LogP contribution in [0.2, 0.25) is 0 Å². The number of hydrogen-bond acceptors (Lipinski definition) is 7. The summed E-state index contributed by atoms with van der Waals surface area (Å²) in [6.45, 7) is 2.22. The lowest BCUT2D eigenvalue weighted by Crippen LogP contribution is -2.42. The summed E-state index contributed by atoms with van der Waals surface area (Å²) in [6.07, 6.45) is -0.734. The average Bonchev–Trinajstić information content (AvgIpc) is 2.77. The molecular weight excluding hydrogens is 488 g/mol. The molecule has 35 heavy (non-hydrogen) atoms. The summed E-state index contributed by atoms with van der Waals surface area (Å²) in [5.41, 5.74) is 4.83. The highest BCUT2D eigenvalue weighted by Crippen LogP contribution is 2.38. The molecule has 3 aromatic rings. The van der Waals surface area contributed by atoms with Gasteiger partial charge in [0.05, 0.1) is 11.9 Å². The van der Waals surface area contributed by atoms with E-state index in [1.54, 1.807) is 13.0 Å². The number of halogens is 4. The van der Waals surface area contributed by atoms with Gasteiger partial charge in [-0.1, -0.05) is 0 Å². The number of aromatic nitrogens is 3. The van der Waals surface area contributed by atoms with Crippen LogP contribution < -0.4 is 11.1 Å². The van der Waals surface area contributed by atoms with E-state index >= 15 is 0 Å². The highest BCUT2D eigenvalue weighted by molar-refractivity contribution is 7.88. The Labute approximate surface area is 199 Å². The third-order valence-electron chi connectivity index (χ3n) is 5.95. The Morgan fingerprint density at radius 1 is 1.20 bits per heavy atom. The zero-order chi connectivity index (χ0) is 25.5. The third kappa shape index (κ3) is 5.36. The molecule has 1 aliphatic rings. The number of nitrogens with two attached hydrogens (primary N) is 1. The van der Waals surface area contributed by atoms with Gasteiger partial charge in [-0.3, -0.25) is 4.98 Å². The second-order valence-corrected chi connectivity index (χ2v) is 10.6. The molecular formula is C22H24F4N6O2S. The molecule has 3 N–H and O–H groups in total. The van der Waals surface area contributed by atoms with Crippen molar-refractivity contribution in [3.05, 3.63) is 47.5 Å². The van der Waals surface area contributed by atoms with E-state index in [2.05, 4.69) is 20.3 Å². The summed E-state index contributed by atoms with van der Waals surface area (Å²) in [5.74, 6) is -0.862. The van der Waals surface area contributed by atoms with Gasteiger partial charge in [-0.25, -0.2) is 27.1 Å². The van der Waals surface area contributed by atoms with Crippen LogP contribution in [0.25, 0.3) is 22.2 Å². The van der Waals surface area contributed by atoms with Crippen LogP contribution in [0.5, 0.6) is 0 Å². The number of rotatable bonds is 5. The van der Waals surface area contributed by atoms with Crippen molar-refractivity contribution in [2.24, 2.45) is 5.73 Å². The maximum Gasteiger partial charge on any atom is 0.419 e. The van der Waals surface area contributed by atoms with Crippen molar-refractivity contribution < 1.29 is 26.0 Å². The van der Waals surface area contributed by atoms with Gasteiger partial charge >= 0.3 is 6.18 Å². The van der Waals surface area contributed by atoms with Gasteiger partial charge in [0, 0.05) is 48.5 Å². The molecule has 1 fully saturated rings. The third-order valence-corrected chi connectivity index (χ3v) is 7.25. The Hall–Kier alpha value is -2.90. The van der Waals surface area contributed by atoms with Crippen LogP contribution in [-0.4, -0.2) is 53.1 Å². The lowest BCUT2D eigenvalue weighted by molar-refractivity contribution is -0.137. The lowest BCUT2D eigenvalue weighted by Gasteiger charge is -2.30. The van der Waals surface area contributed by atoms with Crippen LogP contribution in [0, 0.1) is 5.82 Å². The number of nitrogens with zero attached hydrogens (tertiary/aromatic N) is 4. The smallest absolute Gasteiger partial charge is 0.351 e. The predicted molar refractivity (Wildman–Crippen MR) is 123 cm³/mol. The van der Waals surface area contributed by atoms with Gasteiger partial charge in [0.1, 0.15) is 16.9 Å². The largest absolute Gasteiger partial charge is 0.419 e. The molecule has 1 saturated heterocycles. The lowest BCUT2D eigenvalue weighted by atomic mass is 9.98.